The summed E-state index contributed by atoms with van der Waals surface area (Å²) in [6.45, 7) is 0.539. The van der Waals surface area contributed by atoms with E-state index < -0.39 is 5.97 Å². The molecule has 0 spiro atoms. The highest BCUT2D eigenvalue weighted by Gasteiger charge is 2.29. The lowest BCUT2D eigenvalue weighted by molar-refractivity contribution is -0.137. The molecule has 0 radical (unpaired) electrons. The molecule has 2 heterocycles. The molecule has 4 aromatic rings. The van der Waals surface area contributed by atoms with Gasteiger partial charge in [0.25, 0.3) is 5.56 Å². The molecule has 0 amide bonds. The monoisotopic (exact) mass is 418 g/mol. The van der Waals surface area contributed by atoms with Crippen LogP contribution in [-0.2, 0) is 17.9 Å². The summed E-state index contributed by atoms with van der Waals surface area (Å²) >= 11 is 0. The van der Waals surface area contributed by atoms with Crippen LogP contribution < -0.4 is 11.2 Å². The zero-order valence-electron chi connectivity index (χ0n) is 16.9. The summed E-state index contributed by atoms with van der Waals surface area (Å²) < 4.78 is 5.37. The Morgan fingerprint density at radius 3 is 2.35 bits per heavy atom. The van der Waals surface area contributed by atoms with Crippen LogP contribution in [0.5, 0.6) is 0 Å². The topological polar surface area (TPSA) is 99.1 Å². The van der Waals surface area contributed by atoms with Gasteiger partial charge in [-0.3, -0.25) is 18.7 Å². The Labute approximate surface area is 177 Å². The predicted octanol–water partition coefficient (Wildman–Crippen LogP) is 2.76. The molecule has 0 saturated heterocycles. The van der Waals surface area contributed by atoms with E-state index in [1.807, 2.05) is 45.5 Å². The van der Waals surface area contributed by atoms with Crippen molar-refractivity contribution >= 4 is 27.9 Å². The van der Waals surface area contributed by atoms with Gasteiger partial charge in [0.1, 0.15) is 5.82 Å². The van der Waals surface area contributed by atoms with Gasteiger partial charge in [0, 0.05) is 19.0 Å². The second kappa shape index (κ2) is 7.54. The molecular weight excluding hydrogens is 396 g/mol. The van der Waals surface area contributed by atoms with Crippen LogP contribution in [0.25, 0.3) is 21.9 Å². The molecule has 2 aromatic carbocycles. The molecule has 2 aromatic heterocycles. The van der Waals surface area contributed by atoms with Gasteiger partial charge in [0.2, 0.25) is 0 Å². The van der Waals surface area contributed by atoms with E-state index in [-0.39, 0.29) is 30.3 Å². The van der Waals surface area contributed by atoms with Crippen LogP contribution in [0, 0.1) is 0 Å². The first-order valence-electron chi connectivity index (χ1n) is 10.4. The molecule has 8 nitrogen and oxygen atoms in total. The third-order valence-corrected chi connectivity index (χ3v) is 5.82. The molecule has 1 N–H and O–H groups in total. The van der Waals surface area contributed by atoms with Gasteiger partial charge in [-0.05, 0) is 43.5 Å². The van der Waals surface area contributed by atoms with Crippen molar-refractivity contribution in [1.82, 2.24) is 18.7 Å². The standard InChI is InChI=1S/C23H22N4O4/c28-21(29)10-5-13-25-17-7-2-1-6-16(17)22(30)24-20(25)14-26-18-8-3-4-9-19(18)27(23(26)31)15-11-12-15/h1-4,6-9,15H,5,10-14H2,(H,28,29). The molecule has 0 bridgehead atoms. The van der Waals surface area contributed by atoms with E-state index in [4.69, 9.17) is 5.11 Å². The Balaban J connectivity index is 1.66. The summed E-state index contributed by atoms with van der Waals surface area (Å²) in [6.07, 6.45) is 2.39. The van der Waals surface area contributed by atoms with Gasteiger partial charge in [0.15, 0.2) is 0 Å². The summed E-state index contributed by atoms with van der Waals surface area (Å²) in [5, 5.41) is 9.53. The number of imidazole rings is 1. The van der Waals surface area contributed by atoms with Gasteiger partial charge < -0.3 is 9.67 Å². The van der Waals surface area contributed by atoms with Crippen molar-refractivity contribution in [3.05, 3.63) is 75.2 Å². The molecule has 5 rings (SSSR count). The number of aromatic nitrogens is 4. The number of benzene rings is 2. The Bertz CT molecular complexity index is 1430. The highest BCUT2D eigenvalue weighted by atomic mass is 16.4. The highest BCUT2D eigenvalue weighted by molar-refractivity contribution is 5.78. The molecule has 0 unspecified atom stereocenters. The van der Waals surface area contributed by atoms with Gasteiger partial charge in [-0.25, -0.2) is 4.79 Å². The fraction of sp³-hybridized carbons (Fsp3) is 0.304. The summed E-state index contributed by atoms with van der Waals surface area (Å²) in [5.41, 5.74) is 1.93. The van der Waals surface area contributed by atoms with Crippen molar-refractivity contribution in [2.75, 3.05) is 0 Å². The minimum Gasteiger partial charge on any atom is -0.481 e. The lowest BCUT2D eigenvalue weighted by Gasteiger charge is -2.16. The second-order valence-corrected chi connectivity index (χ2v) is 7.96. The van der Waals surface area contributed by atoms with Gasteiger partial charge in [-0.1, -0.05) is 24.3 Å². The number of para-hydroxylation sites is 3. The lowest BCUT2D eigenvalue weighted by Crippen LogP contribution is -2.28. The van der Waals surface area contributed by atoms with E-state index in [1.54, 1.807) is 16.7 Å². The van der Waals surface area contributed by atoms with Crippen molar-refractivity contribution in [3.8, 4) is 0 Å². The number of nitrogens with zero attached hydrogens (tertiary/aromatic N) is 4. The quantitative estimate of drug-likeness (QED) is 0.498. The first kappa shape index (κ1) is 19.3. The first-order valence-corrected chi connectivity index (χ1v) is 10.4. The third kappa shape index (κ3) is 3.43. The molecular formula is C23H22N4O4. The van der Waals surface area contributed by atoms with Crippen LogP contribution in [-0.4, -0.2) is 29.8 Å². The minimum atomic E-state index is -0.872. The maximum Gasteiger partial charge on any atom is 0.329 e. The largest absolute Gasteiger partial charge is 0.481 e. The number of carbonyl (C=O) groups is 1. The van der Waals surface area contributed by atoms with E-state index >= 15 is 0 Å². The summed E-state index contributed by atoms with van der Waals surface area (Å²) in [5.74, 6) is -0.418. The van der Waals surface area contributed by atoms with E-state index in [0.717, 1.165) is 23.9 Å². The van der Waals surface area contributed by atoms with Gasteiger partial charge in [-0.2, -0.15) is 4.98 Å². The molecule has 158 valence electrons. The van der Waals surface area contributed by atoms with Gasteiger partial charge >= 0.3 is 11.7 Å². The Morgan fingerprint density at radius 1 is 0.968 bits per heavy atom. The lowest BCUT2D eigenvalue weighted by atomic mass is 10.2. The number of hydrogen-bond donors (Lipinski definition) is 1. The van der Waals surface area contributed by atoms with Crippen LogP contribution in [0.3, 0.4) is 0 Å². The average molecular weight is 418 g/mol. The number of carboxylic acid groups (broad SMARTS) is 1. The number of fused-ring (bicyclic) bond motifs is 2. The van der Waals surface area contributed by atoms with E-state index in [9.17, 15) is 14.4 Å². The zero-order chi connectivity index (χ0) is 21.5. The van der Waals surface area contributed by atoms with Crippen LogP contribution in [0.4, 0.5) is 0 Å². The molecule has 31 heavy (non-hydrogen) atoms. The van der Waals surface area contributed by atoms with Gasteiger partial charge in [0.05, 0.1) is 28.5 Å². The van der Waals surface area contributed by atoms with Crippen molar-refractivity contribution in [2.45, 2.75) is 44.8 Å². The summed E-state index contributed by atoms with van der Waals surface area (Å²) in [7, 11) is 0. The molecule has 1 aliphatic rings. The Hall–Kier alpha value is -3.68. The van der Waals surface area contributed by atoms with Crippen LogP contribution in [0.15, 0.2) is 58.1 Å². The average Bonchev–Trinajstić information content (AvgIpc) is 3.55. The first-order chi connectivity index (χ1) is 15.0. The Morgan fingerprint density at radius 2 is 1.65 bits per heavy atom. The highest BCUT2D eigenvalue weighted by Crippen LogP contribution is 2.36. The fourth-order valence-electron chi connectivity index (χ4n) is 4.24. The SMILES string of the molecule is O=C(O)CCCn1c(Cn2c(=O)n(C3CC3)c3ccccc32)nc(=O)c2ccccc21. The van der Waals surface area contributed by atoms with Crippen LogP contribution in [0.2, 0.25) is 0 Å². The molecule has 1 fully saturated rings. The maximum absolute atomic E-state index is 13.3. The molecule has 0 aliphatic heterocycles. The van der Waals surface area contributed by atoms with Crippen molar-refractivity contribution in [3.63, 3.8) is 0 Å². The van der Waals surface area contributed by atoms with Crippen molar-refractivity contribution in [2.24, 2.45) is 0 Å². The van der Waals surface area contributed by atoms with Crippen LogP contribution >= 0.6 is 0 Å². The molecule has 1 aliphatic carbocycles. The fourth-order valence-corrected chi connectivity index (χ4v) is 4.24. The summed E-state index contributed by atoms with van der Waals surface area (Å²) in [4.78, 5) is 41.3. The third-order valence-electron chi connectivity index (χ3n) is 5.82. The minimum absolute atomic E-state index is 0.0147. The second-order valence-electron chi connectivity index (χ2n) is 7.96. The van der Waals surface area contributed by atoms with E-state index in [1.165, 1.54) is 0 Å². The molecule has 1 saturated carbocycles. The summed E-state index contributed by atoms with van der Waals surface area (Å²) in [6, 6.07) is 15.0. The molecule has 8 heteroatoms. The number of aryl methyl sites for hydroxylation is 1. The predicted molar refractivity (Wildman–Crippen MR) is 116 cm³/mol. The number of carboxylic acids is 1. The smallest absolute Gasteiger partial charge is 0.329 e. The number of hydrogen-bond acceptors (Lipinski definition) is 4. The van der Waals surface area contributed by atoms with E-state index in [2.05, 4.69) is 4.98 Å². The molecule has 0 atom stereocenters. The number of aliphatic carboxylic acids is 1. The Kier molecular flexibility index (Phi) is 4.69. The van der Waals surface area contributed by atoms with E-state index in [0.29, 0.717) is 29.7 Å². The normalized spacial score (nSPS) is 13.8. The van der Waals surface area contributed by atoms with Crippen molar-refractivity contribution < 1.29 is 9.90 Å². The van der Waals surface area contributed by atoms with Crippen LogP contribution in [0.1, 0.15) is 37.5 Å². The zero-order valence-corrected chi connectivity index (χ0v) is 16.9. The number of rotatable bonds is 7. The maximum atomic E-state index is 13.3. The van der Waals surface area contributed by atoms with Crippen molar-refractivity contribution in [1.29, 1.82) is 0 Å². The van der Waals surface area contributed by atoms with Gasteiger partial charge in [-0.15, -0.1) is 0 Å².